The van der Waals surface area contributed by atoms with Crippen molar-refractivity contribution >= 4 is 40.7 Å². The Morgan fingerprint density at radius 3 is 2.48 bits per heavy atom. The molecule has 1 aliphatic rings. The van der Waals surface area contributed by atoms with Gasteiger partial charge in [0.25, 0.3) is 11.8 Å². The summed E-state index contributed by atoms with van der Waals surface area (Å²) < 4.78 is 13.4. The number of para-hydroxylation sites is 1. The van der Waals surface area contributed by atoms with E-state index in [0.717, 1.165) is 11.1 Å². The lowest BCUT2D eigenvalue weighted by Crippen LogP contribution is -2.49. The number of rotatable bonds is 5. The molecule has 3 N–H and O–H groups in total. The molecule has 0 aliphatic carbocycles. The van der Waals surface area contributed by atoms with Crippen LogP contribution in [0.15, 0.2) is 54.6 Å². The van der Waals surface area contributed by atoms with E-state index in [1.807, 2.05) is 0 Å². The summed E-state index contributed by atoms with van der Waals surface area (Å²) in [5.74, 6) is -2.48. The maximum absolute atomic E-state index is 13.4. The number of hydrazine groups is 1. The van der Waals surface area contributed by atoms with Crippen molar-refractivity contribution in [3.63, 3.8) is 0 Å². The lowest BCUT2D eigenvalue weighted by molar-refractivity contribution is -0.125. The molecule has 2 aromatic carbocycles. The number of nitrogens with zero attached hydrogens (tertiary/aromatic N) is 2. The van der Waals surface area contributed by atoms with Crippen molar-refractivity contribution in [3.8, 4) is 0 Å². The van der Waals surface area contributed by atoms with E-state index in [1.54, 1.807) is 30.3 Å². The lowest BCUT2D eigenvalue weighted by Gasteiger charge is -2.24. The maximum Gasteiger partial charge on any atom is 0.269 e. The van der Waals surface area contributed by atoms with E-state index in [9.17, 15) is 18.8 Å². The number of anilines is 1. The van der Waals surface area contributed by atoms with Crippen molar-refractivity contribution in [2.24, 2.45) is 5.73 Å². The predicted molar refractivity (Wildman–Crippen MR) is 99.8 cm³/mol. The van der Waals surface area contributed by atoms with Gasteiger partial charge in [-0.15, -0.1) is 0 Å². The molecule has 7 nitrogen and oxygen atoms in total. The molecule has 3 amide bonds. The summed E-state index contributed by atoms with van der Waals surface area (Å²) >= 11 is 5.34. The Kier molecular flexibility index (Phi) is 5.13. The van der Waals surface area contributed by atoms with E-state index in [0.29, 0.717) is 5.69 Å². The number of amides is 3. The summed E-state index contributed by atoms with van der Waals surface area (Å²) in [4.78, 5) is 37.9. The van der Waals surface area contributed by atoms with Crippen molar-refractivity contribution in [3.05, 3.63) is 66.0 Å². The summed E-state index contributed by atoms with van der Waals surface area (Å²) in [5, 5.41) is 1.10. The number of halogens is 1. The van der Waals surface area contributed by atoms with Crippen LogP contribution in [-0.2, 0) is 9.59 Å². The minimum atomic E-state index is -1.09. The maximum atomic E-state index is 13.4. The van der Waals surface area contributed by atoms with Gasteiger partial charge in [0.15, 0.2) is 0 Å². The van der Waals surface area contributed by atoms with Gasteiger partial charge in [0.1, 0.15) is 11.9 Å². The molecule has 1 saturated heterocycles. The van der Waals surface area contributed by atoms with Gasteiger partial charge in [-0.25, -0.2) is 9.40 Å². The Hall–Kier alpha value is -3.33. The molecule has 2 aromatic rings. The number of nitrogens with one attached hydrogen (secondary N) is 1. The summed E-state index contributed by atoms with van der Waals surface area (Å²) in [6.45, 7) is 0. The molecule has 9 heteroatoms. The average molecular weight is 386 g/mol. The highest BCUT2D eigenvalue weighted by Gasteiger charge is 2.45. The van der Waals surface area contributed by atoms with Gasteiger partial charge in [0.05, 0.1) is 12.1 Å². The van der Waals surface area contributed by atoms with Crippen molar-refractivity contribution in [2.45, 2.75) is 12.5 Å². The highest BCUT2D eigenvalue weighted by molar-refractivity contribution is 7.80. The molecule has 138 valence electrons. The van der Waals surface area contributed by atoms with Gasteiger partial charge in [-0.1, -0.05) is 24.3 Å². The van der Waals surface area contributed by atoms with Gasteiger partial charge >= 0.3 is 0 Å². The zero-order chi connectivity index (χ0) is 19.6. The molecule has 1 fully saturated rings. The van der Waals surface area contributed by atoms with Gasteiger partial charge in [0.2, 0.25) is 11.0 Å². The van der Waals surface area contributed by atoms with Crippen LogP contribution in [0.4, 0.5) is 10.1 Å². The first-order valence-corrected chi connectivity index (χ1v) is 8.36. The molecule has 0 saturated carbocycles. The molecule has 0 radical (unpaired) electrons. The SMILES string of the molecule is NC(=O)CC1C(=O)N(c2ccccc2)C(=S)N1NC(=O)c1cccc(F)c1. The first-order valence-electron chi connectivity index (χ1n) is 7.95. The third-order valence-corrected chi connectivity index (χ3v) is 4.31. The number of thiocarbonyl (C=S) groups is 1. The lowest BCUT2D eigenvalue weighted by atomic mass is 10.2. The van der Waals surface area contributed by atoms with Crippen LogP contribution >= 0.6 is 12.2 Å². The second kappa shape index (κ2) is 7.50. The Labute approximate surface area is 159 Å². The van der Waals surface area contributed by atoms with Gasteiger partial charge in [0, 0.05) is 5.56 Å². The van der Waals surface area contributed by atoms with E-state index in [4.69, 9.17) is 18.0 Å². The number of primary amides is 1. The largest absolute Gasteiger partial charge is 0.370 e. The molecule has 1 heterocycles. The van der Waals surface area contributed by atoms with Gasteiger partial charge in [-0.2, -0.15) is 0 Å². The second-order valence-electron chi connectivity index (χ2n) is 5.80. The zero-order valence-electron chi connectivity index (χ0n) is 14.0. The van der Waals surface area contributed by atoms with Gasteiger partial charge < -0.3 is 5.73 Å². The fourth-order valence-corrected chi connectivity index (χ4v) is 3.08. The molecule has 1 atom stereocenters. The smallest absolute Gasteiger partial charge is 0.269 e. The highest BCUT2D eigenvalue weighted by atomic mass is 32.1. The first kappa shape index (κ1) is 18.5. The summed E-state index contributed by atoms with van der Waals surface area (Å²) in [6.07, 6.45) is -0.342. The molecule has 0 spiro atoms. The van der Waals surface area contributed by atoms with Crippen LogP contribution in [0.3, 0.4) is 0 Å². The van der Waals surface area contributed by atoms with Crippen LogP contribution in [0.25, 0.3) is 0 Å². The Morgan fingerprint density at radius 1 is 1.15 bits per heavy atom. The number of benzene rings is 2. The van der Waals surface area contributed by atoms with Crippen LogP contribution in [0.1, 0.15) is 16.8 Å². The third-order valence-electron chi connectivity index (χ3n) is 3.93. The summed E-state index contributed by atoms with van der Waals surface area (Å²) in [5.41, 5.74) is 8.25. The van der Waals surface area contributed by atoms with Gasteiger partial charge in [-0.3, -0.25) is 24.7 Å². The van der Waals surface area contributed by atoms with E-state index in [-0.39, 0.29) is 17.1 Å². The average Bonchev–Trinajstić information content (AvgIpc) is 2.86. The minimum Gasteiger partial charge on any atom is -0.370 e. The van der Waals surface area contributed by atoms with E-state index in [1.165, 1.54) is 23.1 Å². The topological polar surface area (TPSA) is 95.7 Å². The monoisotopic (exact) mass is 386 g/mol. The van der Waals surface area contributed by atoms with Crippen molar-refractivity contribution in [2.75, 3.05) is 4.90 Å². The Morgan fingerprint density at radius 2 is 1.85 bits per heavy atom. The predicted octanol–water partition coefficient (Wildman–Crippen LogP) is 1.35. The standard InChI is InChI=1S/C18H15FN4O3S/c19-12-6-4-5-11(9-12)16(25)21-23-14(10-15(20)24)17(26)22(18(23)27)13-7-2-1-3-8-13/h1-9,14H,10H2,(H2,20,24)(H,21,25). The molecular formula is C18H15FN4O3S. The Balaban J connectivity index is 1.91. The van der Waals surface area contributed by atoms with E-state index in [2.05, 4.69) is 5.43 Å². The molecular weight excluding hydrogens is 371 g/mol. The summed E-state index contributed by atoms with van der Waals surface area (Å²) in [6, 6.07) is 12.5. The fourth-order valence-electron chi connectivity index (χ4n) is 2.71. The van der Waals surface area contributed by atoms with Crippen LogP contribution in [0, 0.1) is 5.82 Å². The number of carbonyl (C=O) groups is 3. The fraction of sp³-hybridized carbons (Fsp3) is 0.111. The van der Waals surface area contributed by atoms with E-state index < -0.39 is 29.6 Å². The van der Waals surface area contributed by atoms with Crippen LogP contribution in [0.5, 0.6) is 0 Å². The van der Waals surface area contributed by atoms with Crippen LogP contribution in [-0.4, -0.2) is 33.9 Å². The van der Waals surface area contributed by atoms with Crippen molar-refractivity contribution in [1.29, 1.82) is 0 Å². The zero-order valence-corrected chi connectivity index (χ0v) is 14.8. The third kappa shape index (κ3) is 3.77. The quantitative estimate of drug-likeness (QED) is 0.757. The van der Waals surface area contributed by atoms with Crippen LogP contribution < -0.4 is 16.1 Å². The molecule has 27 heavy (non-hydrogen) atoms. The summed E-state index contributed by atoms with van der Waals surface area (Å²) in [7, 11) is 0. The molecule has 1 unspecified atom stereocenters. The number of carbonyl (C=O) groups excluding carboxylic acids is 3. The second-order valence-corrected chi connectivity index (χ2v) is 6.16. The molecule has 3 rings (SSSR count). The molecule has 0 bridgehead atoms. The number of hydrogen-bond donors (Lipinski definition) is 2. The number of hydrogen-bond acceptors (Lipinski definition) is 4. The van der Waals surface area contributed by atoms with Crippen molar-refractivity contribution in [1.82, 2.24) is 10.4 Å². The minimum absolute atomic E-state index is 0.0118. The van der Waals surface area contributed by atoms with Crippen LogP contribution in [0.2, 0.25) is 0 Å². The molecule has 0 aromatic heterocycles. The molecule has 1 aliphatic heterocycles. The normalized spacial score (nSPS) is 16.6. The number of nitrogens with two attached hydrogens (primary N) is 1. The van der Waals surface area contributed by atoms with E-state index >= 15 is 0 Å². The highest BCUT2D eigenvalue weighted by Crippen LogP contribution is 2.25. The Bertz CT molecular complexity index is 922. The van der Waals surface area contributed by atoms with Gasteiger partial charge in [-0.05, 0) is 42.5 Å². The first-order chi connectivity index (χ1) is 12.9. The van der Waals surface area contributed by atoms with Crippen molar-refractivity contribution < 1.29 is 18.8 Å².